The Bertz CT molecular complexity index is 630. The predicted molar refractivity (Wildman–Crippen MR) is 83.4 cm³/mol. The minimum atomic E-state index is -0.414. The van der Waals surface area contributed by atoms with Crippen LogP contribution in [-0.2, 0) is 14.3 Å². The van der Waals surface area contributed by atoms with Crippen molar-refractivity contribution in [1.82, 2.24) is 5.32 Å². The van der Waals surface area contributed by atoms with E-state index in [1.807, 2.05) is 18.2 Å². The van der Waals surface area contributed by atoms with E-state index in [1.54, 1.807) is 26.3 Å². The predicted octanol–water partition coefficient (Wildman–Crippen LogP) is 1.57. The molecular formula is C17H20N2O3. The van der Waals surface area contributed by atoms with Crippen LogP contribution in [0, 0.1) is 11.8 Å². The van der Waals surface area contributed by atoms with Gasteiger partial charge < -0.3 is 10.1 Å². The normalized spacial score (nSPS) is 32.5. The van der Waals surface area contributed by atoms with Crippen LogP contribution in [0.15, 0.2) is 40.6 Å². The van der Waals surface area contributed by atoms with Gasteiger partial charge >= 0.3 is 5.97 Å². The van der Waals surface area contributed by atoms with Gasteiger partial charge in [0.25, 0.3) is 0 Å². The lowest BCUT2D eigenvalue weighted by molar-refractivity contribution is -0.138. The average Bonchev–Trinajstić information content (AvgIpc) is 2.73. The summed E-state index contributed by atoms with van der Waals surface area (Å²) in [6.07, 6.45) is 9.88. The maximum absolute atomic E-state index is 12.1. The van der Waals surface area contributed by atoms with Gasteiger partial charge in [-0.25, -0.2) is 4.79 Å². The summed E-state index contributed by atoms with van der Waals surface area (Å²) in [6.45, 7) is 4.36. The molecule has 0 aromatic rings. The van der Waals surface area contributed by atoms with Crippen LogP contribution in [0.3, 0.4) is 0 Å². The number of esters is 1. The molecule has 1 saturated heterocycles. The fourth-order valence-electron chi connectivity index (χ4n) is 3.62. The number of nitrogens with one attached hydrogen (secondary N) is 1. The first-order chi connectivity index (χ1) is 10.6. The number of carbonyl (C=O) groups excluding carboxylic acids is 2. The third kappa shape index (κ3) is 2.25. The van der Waals surface area contributed by atoms with Gasteiger partial charge in [0.2, 0.25) is 0 Å². The smallest absolute Gasteiger partial charge is 0.334 e. The van der Waals surface area contributed by atoms with Gasteiger partial charge in [0.05, 0.1) is 12.1 Å². The Hall–Kier alpha value is -2.01. The molecule has 3 aliphatic rings. The summed E-state index contributed by atoms with van der Waals surface area (Å²) in [5.41, 5.74) is 1.28. The van der Waals surface area contributed by atoms with Crippen LogP contribution in [0.25, 0.3) is 0 Å². The third-order valence-corrected chi connectivity index (χ3v) is 4.71. The fraction of sp³-hybridized carbons (Fsp3) is 0.471. The number of carbonyl (C=O) groups is 2. The minimum absolute atomic E-state index is 0.0812. The van der Waals surface area contributed by atoms with Gasteiger partial charge in [0.15, 0.2) is 0 Å². The number of Topliss-reactive ketones (excluding diaryl/α,β-unsaturated/α-hetero) is 1. The Morgan fingerprint density at radius 3 is 3.05 bits per heavy atom. The number of allylic oxidation sites excluding steroid dienone is 1. The van der Waals surface area contributed by atoms with Crippen LogP contribution >= 0.6 is 0 Å². The number of hydrogen-bond acceptors (Lipinski definition) is 5. The van der Waals surface area contributed by atoms with Crippen molar-refractivity contribution in [3.63, 3.8) is 0 Å². The molecule has 1 fully saturated rings. The summed E-state index contributed by atoms with van der Waals surface area (Å²) < 4.78 is 5.14. The van der Waals surface area contributed by atoms with Crippen molar-refractivity contribution in [2.24, 2.45) is 16.8 Å². The van der Waals surface area contributed by atoms with Crippen LogP contribution in [0.1, 0.15) is 20.3 Å². The first-order valence-corrected chi connectivity index (χ1v) is 7.62. The highest BCUT2D eigenvalue weighted by Crippen LogP contribution is 2.46. The number of ether oxygens (including phenoxy) is 1. The quantitative estimate of drug-likeness (QED) is 0.803. The van der Waals surface area contributed by atoms with Crippen molar-refractivity contribution in [2.45, 2.75) is 25.8 Å². The van der Waals surface area contributed by atoms with Crippen molar-refractivity contribution in [3.05, 3.63) is 35.6 Å². The number of rotatable bonds is 3. The van der Waals surface area contributed by atoms with Crippen LogP contribution in [-0.4, -0.2) is 36.7 Å². The average molecular weight is 300 g/mol. The van der Waals surface area contributed by atoms with E-state index in [4.69, 9.17) is 4.74 Å². The van der Waals surface area contributed by atoms with E-state index in [-0.39, 0.29) is 23.6 Å². The highest BCUT2D eigenvalue weighted by Gasteiger charge is 2.52. The van der Waals surface area contributed by atoms with E-state index in [0.717, 1.165) is 5.57 Å². The van der Waals surface area contributed by atoms with E-state index in [2.05, 4.69) is 10.3 Å². The van der Waals surface area contributed by atoms with Gasteiger partial charge in [0.1, 0.15) is 5.78 Å². The third-order valence-electron chi connectivity index (χ3n) is 4.71. The summed E-state index contributed by atoms with van der Waals surface area (Å²) in [6, 6.07) is 0. The summed E-state index contributed by atoms with van der Waals surface area (Å²) in [4.78, 5) is 28.3. The topological polar surface area (TPSA) is 67.8 Å². The van der Waals surface area contributed by atoms with Gasteiger partial charge in [-0.05, 0) is 31.6 Å². The maximum atomic E-state index is 12.1. The van der Waals surface area contributed by atoms with E-state index in [0.29, 0.717) is 25.1 Å². The molecule has 0 radical (unpaired) electrons. The van der Waals surface area contributed by atoms with Gasteiger partial charge in [0, 0.05) is 42.8 Å². The molecule has 1 spiro atoms. The molecule has 0 bridgehead atoms. The van der Waals surface area contributed by atoms with Gasteiger partial charge in [-0.2, -0.15) is 0 Å². The molecular weight excluding hydrogens is 280 g/mol. The van der Waals surface area contributed by atoms with E-state index >= 15 is 0 Å². The molecule has 0 saturated carbocycles. The second-order valence-electron chi connectivity index (χ2n) is 5.89. The lowest BCUT2D eigenvalue weighted by Gasteiger charge is -2.38. The summed E-state index contributed by atoms with van der Waals surface area (Å²) in [5.74, 6) is -0.386. The standard InChI is InChI=1S/C17H20N2O3/c1-3-22-16(21)12-8-13-4-6-18-7-5-17(13)15(9-12)14(10-19-17)11(2)20/h4-7,9,14-15,19H,3,8,10H2,1-2H3. The van der Waals surface area contributed by atoms with Crippen LogP contribution in [0.2, 0.25) is 0 Å². The van der Waals surface area contributed by atoms with E-state index < -0.39 is 5.54 Å². The number of nitrogens with zero attached hydrogens (tertiary/aromatic N) is 1. The Balaban J connectivity index is 2.06. The summed E-state index contributed by atoms with van der Waals surface area (Å²) >= 11 is 0. The Kier molecular flexibility index (Phi) is 3.83. The lowest BCUT2D eigenvalue weighted by atomic mass is 9.68. The van der Waals surface area contributed by atoms with Gasteiger partial charge in [-0.1, -0.05) is 6.08 Å². The van der Waals surface area contributed by atoms with Crippen molar-refractivity contribution >= 4 is 18.0 Å². The summed E-state index contributed by atoms with van der Waals surface area (Å²) in [5, 5.41) is 3.48. The largest absolute Gasteiger partial charge is 0.463 e. The molecule has 0 aromatic carbocycles. The maximum Gasteiger partial charge on any atom is 0.334 e. The number of aliphatic imine (C=N–C) groups is 1. The molecule has 1 N–H and O–H groups in total. The molecule has 116 valence electrons. The molecule has 5 heteroatoms. The minimum Gasteiger partial charge on any atom is -0.463 e. The number of ketones is 1. The lowest BCUT2D eigenvalue weighted by Crippen LogP contribution is -2.47. The van der Waals surface area contributed by atoms with Crippen molar-refractivity contribution in [2.75, 3.05) is 13.2 Å². The zero-order chi connectivity index (χ0) is 15.7. The van der Waals surface area contributed by atoms with Gasteiger partial charge in [-0.3, -0.25) is 9.79 Å². The molecule has 5 nitrogen and oxygen atoms in total. The second kappa shape index (κ2) is 5.65. The molecule has 3 atom stereocenters. The highest BCUT2D eigenvalue weighted by atomic mass is 16.5. The first-order valence-electron chi connectivity index (χ1n) is 7.62. The zero-order valence-electron chi connectivity index (χ0n) is 12.8. The molecule has 3 rings (SSSR count). The summed E-state index contributed by atoms with van der Waals surface area (Å²) in [7, 11) is 0. The number of hydrogen-bond donors (Lipinski definition) is 1. The van der Waals surface area contributed by atoms with Gasteiger partial charge in [-0.15, -0.1) is 0 Å². The monoisotopic (exact) mass is 300 g/mol. The SMILES string of the molecule is CCOC(=O)C1=CC2C(C(C)=O)CNC23C=CN=CC=C3C1. The molecule has 0 amide bonds. The zero-order valence-corrected chi connectivity index (χ0v) is 12.8. The molecule has 2 aliphatic heterocycles. The Morgan fingerprint density at radius 2 is 2.32 bits per heavy atom. The Morgan fingerprint density at radius 1 is 1.50 bits per heavy atom. The molecule has 1 aliphatic carbocycles. The molecule has 2 heterocycles. The van der Waals surface area contributed by atoms with Crippen LogP contribution in [0.5, 0.6) is 0 Å². The molecule has 22 heavy (non-hydrogen) atoms. The van der Waals surface area contributed by atoms with E-state index in [1.165, 1.54) is 0 Å². The van der Waals surface area contributed by atoms with Crippen molar-refractivity contribution in [3.8, 4) is 0 Å². The van der Waals surface area contributed by atoms with Crippen molar-refractivity contribution < 1.29 is 14.3 Å². The van der Waals surface area contributed by atoms with Crippen LogP contribution in [0.4, 0.5) is 0 Å². The van der Waals surface area contributed by atoms with Crippen LogP contribution < -0.4 is 5.32 Å². The van der Waals surface area contributed by atoms with E-state index in [9.17, 15) is 9.59 Å². The van der Waals surface area contributed by atoms with Crippen molar-refractivity contribution in [1.29, 1.82) is 0 Å². The molecule has 0 aromatic heterocycles. The Labute approximate surface area is 129 Å². The fourth-order valence-corrected chi connectivity index (χ4v) is 3.62. The highest BCUT2D eigenvalue weighted by molar-refractivity contribution is 5.91. The second-order valence-corrected chi connectivity index (χ2v) is 5.89. The first kappa shape index (κ1) is 14.9. The molecule has 3 unspecified atom stereocenters.